The Balaban J connectivity index is 1.12. The molecule has 3 aromatic carbocycles. The number of benzene rings is 3. The van der Waals surface area contributed by atoms with E-state index in [2.05, 4.69) is 0 Å². The van der Waals surface area contributed by atoms with Gasteiger partial charge in [0, 0.05) is 11.1 Å². The molecule has 7 heteroatoms. The molecule has 0 atom stereocenters. The average Bonchev–Trinajstić information content (AvgIpc) is 3.03. The Kier molecular flexibility index (Phi) is 10.6. The molecule has 44 heavy (non-hydrogen) atoms. The van der Waals surface area contributed by atoms with Crippen LogP contribution in [-0.2, 0) is 6.42 Å². The fraction of sp³-hybridized carbons (Fsp3) is 0.514. The molecule has 0 aliphatic heterocycles. The van der Waals surface area contributed by atoms with E-state index in [0.717, 1.165) is 70.6 Å². The van der Waals surface area contributed by atoms with Crippen LogP contribution in [0.2, 0.25) is 0 Å². The Morgan fingerprint density at radius 2 is 1.02 bits per heavy atom. The first-order chi connectivity index (χ1) is 21.2. The van der Waals surface area contributed by atoms with Gasteiger partial charge in [-0.05, 0) is 117 Å². The van der Waals surface area contributed by atoms with Crippen LogP contribution < -0.4 is 4.74 Å². The first kappa shape index (κ1) is 32.4. The lowest BCUT2D eigenvalue weighted by atomic mass is 9.73. The van der Waals surface area contributed by atoms with Crippen molar-refractivity contribution < 1.29 is 31.1 Å². The third-order valence-electron chi connectivity index (χ3n) is 10.0. The lowest BCUT2D eigenvalue weighted by Gasteiger charge is -2.32. The van der Waals surface area contributed by atoms with Gasteiger partial charge in [0.25, 0.3) is 0 Å². The largest absolute Gasteiger partial charge is 0.491 e. The summed E-state index contributed by atoms with van der Waals surface area (Å²) in [4.78, 5) is 0. The number of rotatable bonds is 10. The summed E-state index contributed by atoms with van der Waals surface area (Å²) in [7, 11) is 0. The minimum atomic E-state index is -1.27. The standard InChI is InChI=1S/C37H42F6O/c1-3-5-26-16-17-27(33(39)32(26)38)24-12-8-22(9-13-24)6-7-23-10-14-25(15-11-23)28-18-19-29(35(41)34(28)40)30-20-21-31(44-4-2)37(43)36(30)42/h16-25H,3-15H2,1-2H3. The molecular formula is C37H42F6O. The van der Waals surface area contributed by atoms with Gasteiger partial charge in [-0.3, -0.25) is 0 Å². The fourth-order valence-electron chi connectivity index (χ4n) is 7.47. The van der Waals surface area contributed by atoms with Crippen LogP contribution in [-0.4, -0.2) is 6.61 Å². The second-order valence-electron chi connectivity index (χ2n) is 12.7. The van der Waals surface area contributed by atoms with Crippen LogP contribution in [0.15, 0.2) is 36.4 Å². The Morgan fingerprint density at radius 3 is 1.55 bits per heavy atom. The highest BCUT2D eigenvalue weighted by molar-refractivity contribution is 5.66. The van der Waals surface area contributed by atoms with Gasteiger partial charge in [-0.1, -0.05) is 50.5 Å². The van der Waals surface area contributed by atoms with Crippen molar-refractivity contribution in [2.24, 2.45) is 11.8 Å². The molecule has 2 saturated carbocycles. The van der Waals surface area contributed by atoms with Crippen LogP contribution in [0.3, 0.4) is 0 Å². The molecule has 0 aromatic heterocycles. The van der Waals surface area contributed by atoms with E-state index < -0.39 is 34.9 Å². The quantitative estimate of drug-likeness (QED) is 0.206. The highest BCUT2D eigenvalue weighted by atomic mass is 19.2. The number of hydrogen-bond acceptors (Lipinski definition) is 1. The fourth-order valence-corrected chi connectivity index (χ4v) is 7.47. The first-order valence-corrected chi connectivity index (χ1v) is 16.3. The number of ether oxygens (including phenoxy) is 1. The van der Waals surface area contributed by atoms with Gasteiger partial charge < -0.3 is 4.74 Å². The van der Waals surface area contributed by atoms with Crippen molar-refractivity contribution in [3.8, 4) is 16.9 Å². The molecule has 0 spiro atoms. The number of aryl methyl sites for hydroxylation is 1. The summed E-state index contributed by atoms with van der Waals surface area (Å²) < 4.78 is 93.8. The normalized spacial score (nSPS) is 22.3. The van der Waals surface area contributed by atoms with Crippen molar-refractivity contribution in [1.29, 1.82) is 0 Å². The first-order valence-electron chi connectivity index (χ1n) is 16.3. The second kappa shape index (κ2) is 14.4. The summed E-state index contributed by atoms with van der Waals surface area (Å²) in [6.45, 7) is 3.75. The van der Waals surface area contributed by atoms with Crippen molar-refractivity contribution in [2.45, 2.75) is 103 Å². The van der Waals surface area contributed by atoms with E-state index in [1.54, 1.807) is 19.1 Å². The molecule has 2 aliphatic rings. The number of hydrogen-bond donors (Lipinski definition) is 0. The van der Waals surface area contributed by atoms with Gasteiger partial charge in [0.05, 0.1) is 6.61 Å². The Labute approximate surface area is 257 Å². The van der Waals surface area contributed by atoms with E-state index in [1.165, 1.54) is 24.3 Å². The zero-order chi connectivity index (χ0) is 31.4. The van der Waals surface area contributed by atoms with Crippen LogP contribution in [0.1, 0.15) is 113 Å². The molecular weight excluding hydrogens is 574 g/mol. The van der Waals surface area contributed by atoms with E-state index >= 15 is 8.78 Å². The molecule has 0 bridgehead atoms. The van der Waals surface area contributed by atoms with Gasteiger partial charge in [-0.15, -0.1) is 0 Å². The van der Waals surface area contributed by atoms with Gasteiger partial charge in [0.1, 0.15) is 0 Å². The summed E-state index contributed by atoms with van der Waals surface area (Å²) in [6, 6.07) is 8.82. The van der Waals surface area contributed by atoms with Crippen LogP contribution in [0.25, 0.3) is 11.1 Å². The van der Waals surface area contributed by atoms with Crippen LogP contribution in [0.4, 0.5) is 26.3 Å². The summed E-state index contributed by atoms with van der Waals surface area (Å²) in [5.41, 5.74) is 0.621. The van der Waals surface area contributed by atoms with Crippen LogP contribution in [0.5, 0.6) is 5.75 Å². The molecule has 1 nitrogen and oxygen atoms in total. The van der Waals surface area contributed by atoms with Crippen LogP contribution in [0, 0.1) is 46.7 Å². The Hall–Kier alpha value is -2.96. The van der Waals surface area contributed by atoms with Crippen LogP contribution >= 0.6 is 0 Å². The molecule has 0 unspecified atom stereocenters. The maximum absolute atomic E-state index is 15.2. The van der Waals surface area contributed by atoms with E-state index in [-0.39, 0.29) is 35.3 Å². The molecule has 5 rings (SSSR count). The summed E-state index contributed by atoms with van der Waals surface area (Å²) >= 11 is 0. The predicted molar refractivity (Wildman–Crippen MR) is 162 cm³/mol. The van der Waals surface area contributed by atoms with E-state index in [9.17, 15) is 17.6 Å². The molecule has 238 valence electrons. The predicted octanol–water partition coefficient (Wildman–Crippen LogP) is 11.6. The minimum Gasteiger partial charge on any atom is -0.491 e. The summed E-state index contributed by atoms with van der Waals surface area (Å²) in [6.07, 6.45) is 10.6. The van der Waals surface area contributed by atoms with E-state index in [0.29, 0.717) is 34.9 Å². The van der Waals surface area contributed by atoms with Gasteiger partial charge in [-0.2, -0.15) is 4.39 Å². The second-order valence-corrected chi connectivity index (χ2v) is 12.7. The third-order valence-corrected chi connectivity index (χ3v) is 10.0. The minimum absolute atomic E-state index is 0.0681. The van der Waals surface area contributed by atoms with Gasteiger partial charge in [0.15, 0.2) is 34.8 Å². The Morgan fingerprint density at radius 1 is 0.545 bits per heavy atom. The maximum Gasteiger partial charge on any atom is 0.201 e. The van der Waals surface area contributed by atoms with Gasteiger partial charge >= 0.3 is 0 Å². The van der Waals surface area contributed by atoms with Crippen molar-refractivity contribution in [3.63, 3.8) is 0 Å². The van der Waals surface area contributed by atoms with Gasteiger partial charge in [-0.25, -0.2) is 22.0 Å². The smallest absolute Gasteiger partial charge is 0.201 e. The molecule has 3 aromatic rings. The molecule has 2 fully saturated rings. The zero-order valence-corrected chi connectivity index (χ0v) is 25.6. The highest BCUT2D eigenvalue weighted by Crippen LogP contribution is 2.43. The molecule has 0 N–H and O–H groups in total. The average molecular weight is 617 g/mol. The number of halogens is 6. The van der Waals surface area contributed by atoms with Crippen molar-refractivity contribution in [1.82, 2.24) is 0 Å². The molecule has 0 heterocycles. The SMILES string of the molecule is CCCc1ccc(C2CCC(CCC3CCC(c4ccc(-c5ccc(OCC)c(F)c5F)c(F)c4F)CC3)CC2)c(F)c1F. The van der Waals surface area contributed by atoms with Crippen molar-refractivity contribution in [2.75, 3.05) is 6.61 Å². The van der Waals surface area contributed by atoms with Gasteiger partial charge in [0.2, 0.25) is 5.82 Å². The highest BCUT2D eigenvalue weighted by Gasteiger charge is 2.30. The van der Waals surface area contributed by atoms with Crippen molar-refractivity contribution in [3.05, 3.63) is 88.0 Å². The summed E-state index contributed by atoms with van der Waals surface area (Å²) in [5, 5.41) is 0. The monoisotopic (exact) mass is 616 g/mol. The zero-order valence-electron chi connectivity index (χ0n) is 25.6. The lowest BCUT2D eigenvalue weighted by molar-refractivity contribution is 0.249. The summed E-state index contributed by atoms with van der Waals surface area (Å²) in [5.74, 6) is -5.22. The topological polar surface area (TPSA) is 9.23 Å². The maximum atomic E-state index is 15.2. The molecule has 0 saturated heterocycles. The van der Waals surface area contributed by atoms with Crippen molar-refractivity contribution >= 4 is 0 Å². The lowest BCUT2D eigenvalue weighted by Crippen LogP contribution is -2.18. The molecule has 2 aliphatic carbocycles. The molecule has 0 amide bonds. The van der Waals surface area contributed by atoms with E-state index in [4.69, 9.17) is 4.74 Å². The Bertz CT molecular complexity index is 1440. The molecule has 0 radical (unpaired) electrons. The van der Waals surface area contributed by atoms with E-state index in [1.807, 2.05) is 6.92 Å². The third kappa shape index (κ3) is 6.82.